The Morgan fingerprint density at radius 1 is 1.09 bits per heavy atom. The third-order valence-corrected chi connectivity index (χ3v) is 5.78. The van der Waals surface area contributed by atoms with E-state index in [1.54, 1.807) is 26.0 Å². The van der Waals surface area contributed by atoms with Crippen LogP contribution in [0.5, 0.6) is 0 Å². The van der Waals surface area contributed by atoms with Crippen molar-refractivity contribution in [3.8, 4) is 0 Å². The van der Waals surface area contributed by atoms with Crippen LogP contribution in [0.3, 0.4) is 0 Å². The molecule has 1 aliphatic carbocycles. The topological polar surface area (TPSA) is 79.6 Å². The first kappa shape index (κ1) is 21.9. The van der Waals surface area contributed by atoms with Gasteiger partial charge in [-0.3, -0.25) is 14.4 Å². The van der Waals surface area contributed by atoms with E-state index in [1.807, 2.05) is 5.32 Å². The van der Waals surface area contributed by atoms with Crippen LogP contribution in [0.15, 0.2) is 64.4 Å². The van der Waals surface area contributed by atoms with Gasteiger partial charge in [0.1, 0.15) is 5.76 Å². The van der Waals surface area contributed by atoms with Gasteiger partial charge >= 0.3 is 6.18 Å². The Balaban J connectivity index is 1.88. The van der Waals surface area contributed by atoms with Crippen molar-refractivity contribution in [2.45, 2.75) is 44.9 Å². The quantitative estimate of drug-likeness (QED) is 0.770. The van der Waals surface area contributed by atoms with Gasteiger partial charge in [0.25, 0.3) is 11.8 Å². The number of benzene rings is 1. The van der Waals surface area contributed by atoms with Gasteiger partial charge < -0.3 is 14.6 Å². The number of halogens is 3. The smallest absolute Gasteiger partial charge is 0.425 e. The number of hydrogen-bond acceptors (Lipinski definition) is 4. The van der Waals surface area contributed by atoms with Crippen molar-refractivity contribution >= 4 is 17.6 Å². The van der Waals surface area contributed by atoms with Gasteiger partial charge in [-0.2, -0.15) is 13.2 Å². The molecule has 32 heavy (non-hydrogen) atoms. The van der Waals surface area contributed by atoms with Crippen molar-refractivity contribution in [1.82, 2.24) is 10.2 Å². The monoisotopic (exact) mass is 446 g/mol. The number of amides is 2. The highest BCUT2D eigenvalue weighted by molar-refractivity contribution is 6.14. The fourth-order valence-electron chi connectivity index (χ4n) is 4.38. The average molecular weight is 446 g/mol. The molecule has 1 unspecified atom stereocenters. The molecule has 6 nitrogen and oxygen atoms in total. The number of furan rings is 1. The van der Waals surface area contributed by atoms with Crippen molar-refractivity contribution in [3.63, 3.8) is 0 Å². The second kappa shape index (κ2) is 7.36. The van der Waals surface area contributed by atoms with Crippen molar-refractivity contribution < 1.29 is 32.0 Å². The van der Waals surface area contributed by atoms with E-state index < -0.39 is 40.3 Å². The van der Waals surface area contributed by atoms with Crippen LogP contribution in [0.2, 0.25) is 0 Å². The van der Waals surface area contributed by atoms with Gasteiger partial charge in [-0.15, -0.1) is 0 Å². The van der Waals surface area contributed by atoms with Crippen LogP contribution >= 0.6 is 0 Å². The summed E-state index contributed by atoms with van der Waals surface area (Å²) in [6.45, 7) is 3.22. The van der Waals surface area contributed by atoms with Crippen LogP contribution < -0.4 is 5.32 Å². The molecule has 0 saturated carbocycles. The standard InChI is InChI=1S/C23H21F3N2O4/c1-21(2)11-16-18(17(29)12-21)22(23(24,25)26,27-19(30)14-7-4-3-5-8-14)20(31)28(16)13-15-9-6-10-32-15/h3-10H,11-13H2,1-2H3,(H,27,30). The molecule has 1 atom stereocenters. The number of rotatable bonds is 4. The Morgan fingerprint density at radius 2 is 1.78 bits per heavy atom. The van der Waals surface area contributed by atoms with E-state index in [4.69, 9.17) is 4.42 Å². The number of Topliss-reactive ketones (excluding diaryl/α,β-unsaturated/α-hetero) is 1. The second-order valence-electron chi connectivity index (χ2n) is 8.80. The lowest BCUT2D eigenvalue weighted by molar-refractivity contribution is -0.191. The predicted molar refractivity (Wildman–Crippen MR) is 107 cm³/mol. The SMILES string of the molecule is CC1(C)CC(=O)C2=C(C1)N(Cc1ccco1)C(=O)C2(NC(=O)c1ccccc1)C(F)(F)F. The summed E-state index contributed by atoms with van der Waals surface area (Å²) < 4.78 is 49.2. The minimum atomic E-state index is -5.25. The first-order chi connectivity index (χ1) is 15.0. The van der Waals surface area contributed by atoms with Gasteiger partial charge in [-0.25, -0.2) is 0 Å². The molecule has 1 aromatic heterocycles. The Labute approximate surface area is 182 Å². The summed E-state index contributed by atoms with van der Waals surface area (Å²) in [4.78, 5) is 40.2. The number of carbonyl (C=O) groups is 3. The zero-order valence-corrected chi connectivity index (χ0v) is 17.5. The largest absolute Gasteiger partial charge is 0.467 e. The molecule has 4 rings (SSSR count). The van der Waals surface area contributed by atoms with Gasteiger partial charge in [-0.05, 0) is 36.1 Å². The predicted octanol–water partition coefficient (Wildman–Crippen LogP) is 4.00. The normalized spacial score (nSPS) is 22.8. The van der Waals surface area contributed by atoms with E-state index in [9.17, 15) is 27.6 Å². The van der Waals surface area contributed by atoms with E-state index in [0.717, 1.165) is 4.90 Å². The lowest BCUT2D eigenvalue weighted by Crippen LogP contribution is -2.66. The summed E-state index contributed by atoms with van der Waals surface area (Å²) in [5.74, 6) is -3.06. The fraction of sp³-hybridized carbons (Fsp3) is 0.348. The van der Waals surface area contributed by atoms with Crippen LogP contribution in [-0.4, -0.2) is 34.2 Å². The summed E-state index contributed by atoms with van der Waals surface area (Å²) in [5, 5.41) is 1.90. The molecule has 0 saturated heterocycles. The lowest BCUT2D eigenvalue weighted by Gasteiger charge is -2.35. The van der Waals surface area contributed by atoms with E-state index in [2.05, 4.69) is 0 Å². The Hall–Kier alpha value is -3.36. The zero-order chi connectivity index (χ0) is 23.3. The number of hydrogen-bond donors (Lipinski definition) is 1. The van der Waals surface area contributed by atoms with Crippen LogP contribution in [0, 0.1) is 5.41 Å². The summed E-state index contributed by atoms with van der Waals surface area (Å²) >= 11 is 0. The molecular weight excluding hydrogens is 425 g/mol. The molecule has 2 amide bonds. The molecule has 2 heterocycles. The number of nitrogens with zero attached hydrogens (tertiary/aromatic N) is 1. The highest BCUT2D eigenvalue weighted by Gasteiger charge is 2.71. The third-order valence-electron chi connectivity index (χ3n) is 5.78. The van der Waals surface area contributed by atoms with Gasteiger partial charge in [0.05, 0.1) is 18.4 Å². The van der Waals surface area contributed by atoms with Crippen LogP contribution in [0.4, 0.5) is 13.2 Å². The minimum absolute atomic E-state index is 0.0293. The van der Waals surface area contributed by atoms with Crippen LogP contribution in [0.1, 0.15) is 42.8 Å². The highest BCUT2D eigenvalue weighted by atomic mass is 19.4. The van der Waals surface area contributed by atoms with Gasteiger partial charge in [0.2, 0.25) is 5.54 Å². The zero-order valence-electron chi connectivity index (χ0n) is 17.5. The summed E-state index contributed by atoms with van der Waals surface area (Å²) in [5.41, 5.74) is -4.90. The Morgan fingerprint density at radius 3 is 2.38 bits per heavy atom. The minimum Gasteiger partial charge on any atom is -0.467 e. The van der Waals surface area contributed by atoms with Crippen molar-refractivity contribution in [2.75, 3.05) is 0 Å². The maximum absolute atomic E-state index is 14.7. The number of carbonyl (C=O) groups excluding carboxylic acids is 3. The van der Waals surface area contributed by atoms with E-state index in [0.29, 0.717) is 0 Å². The van der Waals surface area contributed by atoms with E-state index in [1.165, 1.54) is 36.6 Å². The molecular formula is C23H21F3N2O4. The number of ketones is 1. The molecule has 0 fully saturated rings. The number of nitrogens with one attached hydrogen (secondary N) is 1. The number of alkyl halides is 3. The Kier molecular flexibility index (Phi) is 5.02. The highest BCUT2D eigenvalue weighted by Crippen LogP contribution is 2.52. The van der Waals surface area contributed by atoms with Gasteiger partial charge in [0.15, 0.2) is 5.78 Å². The molecule has 2 aromatic rings. The first-order valence-corrected chi connectivity index (χ1v) is 10.0. The second-order valence-corrected chi connectivity index (χ2v) is 8.80. The van der Waals surface area contributed by atoms with E-state index in [-0.39, 0.29) is 36.4 Å². The van der Waals surface area contributed by atoms with Crippen molar-refractivity contribution in [3.05, 3.63) is 71.3 Å². The molecule has 168 valence electrons. The van der Waals surface area contributed by atoms with Crippen molar-refractivity contribution in [2.24, 2.45) is 5.41 Å². The first-order valence-electron chi connectivity index (χ1n) is 10.0. The number of allylic oxidation sites excluding steroid dienone is 1. The molecule has 9 heteroatoms. The van der Waals surface area contributed by atoms with E-state index >= 15 is 0 Å². The maximum Gasteiger partial charge on any atom is 0.425 e. The summed E-state index contributed by atoms with van der Waals surface area (Å²) in [6, 6.07) is 10.3. The van der Waals surface area contributed by atoms with Crippen molar-refractivity contribution in [1.29, 1.82) is 0 Å². The fourth-order valence-corrected chi connectivity index (χ4v) is 4.38. The third kappa shape index (κ3) is 3.41. The molecule has 1 aliphatic heterocycles. The molecule has 1 aromatic carbocycles. The molecule has 2 aliphatic rings. The van der Waals surface area contributed by atoms with Crippen LogP contribution in [0.25, 0.3) is 0 Å². The molecule has 0 spiro atoms. The van der Waals surface area contributed by atoms with Gasteiger partial charge in [0, 0.05) is 17.7 Å². The van der Waals surface area contributed by atoms with Crippen LogP contribution in [-0.2, 0) is 16.1 Å². The van der Waals surface area contributed by atoms with Gasteiger partial charge in [-0.1, -0.05) is 32.0 Å². The average Bonchev–Trinajstić information content (AvgIpc) is 3.29. The Bertz CT molecular complexity index is 1100. The molecule has 0 bridgehead atoms. The molecule has 0 radical (unpaired) electrons. The molecule has 1 N–H and O–H groups in total. The summed E-state index contributed by atoms with van der Waals surface area (Å²) in [7, 11) is 0. The maximum atomic E-state index is 14.7. The lowest BCUT2D eigenvalue weighted by atomic mass is 9.72. The summed E-state index contributed by atoms with van der Waals surface area (Å²) in [6.07, 6.45) is -4.01.